The third-order valence-corrected chi connectivity index (χ3v) is 1.78. The normalized spacial score (nSPS) is 8.22. The summed E-state index contributed by atoms with van der Waals surface area (Å²) in [5.41, 5.74) is 0. The minimum absolute atomic E-state index is 0.986. The van der Waals surface area contributed by atoms with Crippen molar-refractivity contribution in [2.75, 3.05) is 11.5 Å². The first-order valence-electron chi connectivity index (χ1n) is 3.18. The molecule has 0 fully saturated rings. The minimum Gasteiger partial charge on any atom is -0.162 e. The molecule has 0 atom stereocenters. The van der Waals surface area contributed by atoms with Crippen LogP contribution in [0.25, 0.3) is 0 Å². The van der Waals surface area contributed by atoms with Gasteiger partial charge in [-0.05, 0) is 31.8 Å². The molecule has 0 spiro atoms. The van der Waals surface area contributed by atoms with Gasteiger partial charge in [0.05, 0.1) is 0 Å². The Labute approximate surface area is 62.4 Å². The standard InChI is InChI=1S/C8H13S/c1-3-5-6-7-8-9-4-2/h2,4,6-8H2,1H3. The number of unbranched alkanes of at least 4 members (excludes halogenated alkanes) is 1. The Morgan fingerprint density at radius 1 is 1.56 bits per heavy atom. The van der Waals surface area contributed by atoms with Gasteiger partial charge in [-0.15, -0.1) is 11.8 Å². The van der Waals surface area contributed by atoms with Gasteiger partial charge in [-0.3, -0.25) is 0 Å². The van der Waals surface area contributed by atoms with Crippen LogP contribution in [0.2, 0.25) is 0 Å². The van der Waals surface area contributed by atoms with Gasteiger partial charge >= 0.3 is 0 Å². The molecule has 0 saturated carbocycles. The van der Waals surface area contributed by atoms with E-state index in [1.54, 1.807) is 0 Å². The van der Waals surface area contributed by atoms with E-state index in [0.717, 1.165) is 12.2 Å². The Hall–Kier alpha value is -0.0900. The summed E-state index contributed by atoms with van der Waals surface area (Å²) in [4.78, 5) is 0. The van der Waals surface area contributed by atoms with E-state index >= 15 is 0 Å². The van der Waals surface area contributed by atoms with E-state index in [1.165, 1.54) is 12.2 Å². The monoisotopic (exact) mass is 141 g/mol. The first-order valence-corrected chi connectivity index (χ1v) is 4.34. The van der Waals surface area contributed by atoms with Crippen LogP contribution >= 0.6 is 11.8 Å². The Morgan fingerprint density at radius 3 is 2.89 bits per heavy atom. The lowest BCUT2D eigenvalue weighted by Gasteiger charge is -1.91. The fourth-order valence-corrected chi connectivity index (χ4v) is 1.04. The van der Waals surface area contributed by atoms with Gasteiger partial charge in [0.15, 0.2) is 0 Å². The van der Waals surface area contributed by atoms with E-state index in [9.17, 15) is 0 Å². The first-order chi connectivity index (χ1) is 4.41. The second-order valence-electron chi connectivity index (χ2n) is 1.64. The van der Waals surface area contributed by atoms with Crippen LogP contribution in [0.15, 0.2) is 0 Å². The van der Waals surface area contributed by atoms with E-state index in [1.807, 2.05) is 18.7 Å². The molecule has 9 heavy (non-hydrogen) atoms. The quantitative estimate of drug-likeness (QED) is 0.428. The molecule has 0 aromatic rings. The maximum absolute atomic E-state index is 3.73. The molecule has 1 heteroatoms. The van der Waals surface area contributed by atoms with Crippen molar-refractivity contribution in [3.63, 3.8) is 0 Å². The summed E-state index contributed by atoms with van der Waals surface area (Å²) in [5, 5.41) is 0. The predicted octanol–water partition coefficient (Wildman–Crippen LogP) is 2.36. The Morgan fingerprint density at radius 2 is 2.33 bits per heavy atom. The minimum atomic E-state index is 0.986. The molecule has 0 bridgehead atoms. The summed E-state index contributed by atoms with van der Waals surface area (Å²) in [5.74, 6) is 8.09. The molecule has 0 N–H and O–H groups in total. The molecule has 0 rings (SSSR count). The van der Waals surface area contributed by atoms with Gasteiger partial charge in [0.1, 0.15) is 0 Å². The number of thioether (sulfide) groups is 1. The second kappa shape index (κ2) is 7.91. The van der Waals surface area contributed by atoms with Crippen molar-refractivity contribution in [3.8, 4) is 11.8 Å². The van der Waals surface area contributed by atoms with Gasteiger partial charge in [0.25, 0.3) is 0 Å². The summed E-state index contributed by atoms with van der Waals surface area (Å²) in [7, 11) is 0. The molecule has 0 amide bonds. The van der Waals surface area contributed by atoms with Gasteiger partial charge in [-0.1, -0.05) is 0 Å². The second-order valence-corrected chi connectivity index (χ2v) is 2.87. The van der Waals surface area contributed by atoms with Gasteiger partial charge in [-0.25, -0.2) is 0 Å². The molecule has 0 unspecified atom stereocenters. The lowest BCUT2D eigenvalue weighted by Crippen LogP contribution is -1.78. The van der Waals surface area contributed by atoms with Crippen LogP contribution in [0.1, 0.15) is 19.8 Å². The predicted molar refractivity (Wildman–Crippen MR) is 45.4 cm³/mol. The molecule has 0 aromatic heterocycles. The average Bonchev–Trinajstić information content (AvgIpc) is 1.89. The highest BCUT2D eigenvalue weighted by Crippen LogP contribution is 2.01. The van der Waals surface area contributed by atoms with E-state index in [-0.39, 0.29) is 0 Å². The molecule has 0 aromatic carbocycles. The molecule has 0 aliphatic rings. The smallest absolute Gasteiger partial charge is 0.00964 e. The molecule has 1 radical (unpaired) electrons. The lowest BCUT2D eigenvalue weighted by molar-refractivity contribution is 0.997. The summed E-state index contributed by atoms with van der Waals surface area (Å²) >= 11 is 1.88. The van der Waals surface area contributed by atoms with E-state index in [2.05, 4.69) is 18.8 Å². The van der Waals surface area contributed by atoms with Crippen molar-refractivity contribution in [2.45, 2.75) is 19.8 Å². The molecular formula is C8H13S. The molecule has 0 heterocycles. The zero-order valence-electron chi connectivity index (χ0n) is 5.94. The summed E-state index contributed by atoms with van der Waals surface area (Å²) < 4.78 is 0. The van der Waals surface area contributed by atoms with Crippen LogP contribution in [0.4, 0.5) is 0 Å². The maximum atomic E-state index is 3.73. The zero-order chi connectivity index (χ0) is 6.95. The van der Waals surface area contributed by atoms with Crippen LogP contribution in [0.3, 0.4) is 0 Å². The number of rotatable bonds is 4. The highest BCUT2D eigenvalue weighted by atomic mass is 32.2. The molecule has 0 aliphatic heterocycles. The van der Waals surface area contributed by atoms with Crippen LogP contribution < -0.4 is 0 Å². The number of hydrogen-bond acceptors (Lipinski definition) is 1. The SMILES string of the molecule is [CH2]CSCCCC#CC. The number of hydrogen-bond donors (Lipinski definition) is 0. The van der Waals surface area contributed by atoms with E-state index in [0.29, 0.717) is 0 Å². The fraction of sp³-hybridized carbons (Fsp3) is 0.625. The van der Waals surface area contributed by atoms with Crippen LogP contribution in [0.5, 0.6) is 0 Å². The Kier molecular flexibility index (Phi) is 7.83. The van der Waals surface area contributed by atoms with E-state index in [4.69, 9.17) is 0 Å². The largest absolute Gasteiger partial charge is 0.162 e. The van der Waals surface area contributed by atoms with Crippen molar-refractivity contribution in [3.05, 3.63) is 6.92 Å². The van der Waals surface area contributed by atoms with Crippen LogP contribution in [0, 0.1) is 18.8 Å². The highest BCUT2D eigenvalue weighted by molar-refractivity contribution is 7.99. The summed E-state index contributed by atoms with van der Waals surface area (Å²) in [6, 6.07) is 0. The third kappa shape index (κ3) is 7.91. The zero-order valence-corrected chi connectivity index (χ0v) is 6.76. The van der Waals surface area contributed by atoms with Crippen LogP contribution in [-0.4, -0.2) is 11.5 Å². The van der Waals surface area contributed by atoms with Crippen molar-refractivity contribution in [1.29, 1.82) is 0 Å². The molecule has 51 valence electrons. The molecule has 0 nitrogen and oxygen atoms in total. The fourth-order valence-electron chi connectivity index (χ4n) is 0.490. The molecule has 0 aliphatic carbocycles. The first kappa shape index (κ1) is 8.91. The van der Waals surface area contributed by atoms with Gasteiger partial charge in [0, 0.05) is 6.42 Å². The van der Waals surface area contributed by atoms with Crippen molar-refractivity contribution < 1.29 is 0 Å². The van der Waals surface area contributed by atoms with Crippen molar-refractivity contribution in [2.24, 2.45) is 0 Å². The summed E-state index contributed by atoms with van der Waals surface area (Å²) in [6.07, 6.45) is 2.25. The molecular weight excluding hydrogens is 128 g/mol. The van der Waals surface area contributed by atoms with Gasteiger partial charge < -0.3 is 0 Å². The van der Waals surface area contributed by atoms with Crippen LogP contribution in [-0.2, 0) is 0 Å². The molecule has 0 saturated heterocycles. The Bertz CT molecular complexity index is 96.9. The Balaban J connectivity index is 2.80. The maximum Gasteiger partial charge on any atom is 0.00964 e. The summed E-state index contributed by atoms with van der Waals surface area (Å²) in [6.45, 7) is 5.61. The highest BCUT2D eigenvalue weighted by Gasteiger charge is 1.82. The topological polar surface area (TPSA) is 0 Å². The van der Waals surface area contributed by atoms with Crippen molar-refractivity contribution in [1.82, 2.24) is 0 Å². The van der Waals surface area contributed by atoms with E-state index < -0.39 is 0 Å². The van der Waals surface area contributed by atoms with Gasteiger partial charge in [0.2, 0.25) is 0 Å². The lowest BCUT2D eigenvalue weighted by atomic mass is 10.3. The average molecular weight is 141 g/mol. The van der Waals surface area contributed by atoms with Gasteiger partial charge in [-0.2, -0.15) is 11.8 Å². The van der Waals surface area contributed by atoms with Crippen molar-refractivity contribution >= 4 is 11.8 Å². The third-order valence-electron chi connectivity index (χ3n) is 0.912.